The summed E-state index contributed by atoms with van der Waals surface area (Å²) in [7, 11) is 0. The van der Waals surface area contributed by atoms with Gasteiger partial charge in [0.25, 0.3) is 0 Å². The Balaban J connectivity index is 2.35. The van der Waals surface area contributed by atoms with Crippen LogP contribution in [0.15, 0.2) is 36.5 Å². The molecule has 0 amide bonds. The van der Waals surface area contributed by atoms with Gasteiger partial charge in [0.1, 0.15) is 5.92 Å². The van der Waals surface area contributed by atoms with Crippen LogP contribution in [0.2, 0.25) is 0 Å². The first-order chi connectivity index (χ1) is 9.26. The topological polar surface area (TPSA) is 58.8 Å². The van der Waals surface area contributed by atoms with Gasteiger partial charge in [-0.05, 0) is 36.8 Å². The molecule has 19 heavy (non-hydrogen) atoms. The first kappa shape index (κ1) is 13.0. The van der Waals surface area contributed by atoms with Gasteiger partial charge in [-0.1, -0.05) is 6.07 Å². The van der Waals surface area contributed by atoms with Crippen LogP contribution in [0.25, 0.3) is 0 Å². The van der Waals surface area contributed by atoms with Crippen molar-refractivity contribution >= 4 is 0 Å². The zero-order chi connectivity index (χ0) is 13.7. The van der Waals surface area contributed by atoms with E-state index < -0.39 is 11.7 Å². The molecule has 0 bridgehead atoms. The molecule has 0 aliphatic carbocycles. The highest BCUT2D eigenvalue weighted by molar-refractivity contribution is 5.38. The van der Waals surface area contributed by atoms with Gasteiger partial charge in [0.2, 0.25) is 0 Å². The first-order valence-corrected chi connectivity index (χ1v) is 5.85. The fourth-order valence-corrected chi connectivity index (χ4v) is 1.75. The molecule has 1 aromatic heterocycles. The number of hydrogen-bond donors (Lipinski definition) is 0. The molecule has 0 aliphatic rings. The predicted octanol–water partition coefficient (Wildman–Crippen LogP) is 2.67. The van der Waals surface area contributed by atoms with E-state index in [1.807, 2.05) is 0 Å². The zero-order valence-corrected chi connectivity index (χ0v) is 10.4. The van der Waals surface area contributed by atoms with Crippen LogP contribution >= 0.6 is 0 Å². The SMILES string of the molecule is CCOc1ccc(C(C#N)c2cccnn2)cc1F. The minimum absolute atomic E-state index is 0.182. The Bertz CT molecular complexity index is 595. The van der Waals surface area contributed by atoms with E-state index in [2.05, 4.69) is 16.3 Å². The second-order valence-electron chi connectivity index (χ2n) is 3.83. The van der Waals surface area contributed by atoms with E-state index in [4.69, 9.17) is 4.74 Å². The average Bonchev–Trinajstić information content (AvgIpc) is 2.44. The average molecular weight is 257 g/mol. The molecule has 0 radical (unpaired) electrons. The Morgan fingerprint density at radius 1 is 1.42 bits per heavy atom. The molecule has 1 unspecified atom stereocenters. The molecule has 5 heteroatoms. The van der Waals surface area contributed by atoms with E-state index in [0.29, 0.717) is 17.9 Å². The van der Waals surface area contributed by atoms with Gasteiger partial charge < -0.3 is 4.74 Å². The second kappa shape index (κ2) is 5.91. The molecule has 0 saturated heterocycles. The van der Waals surface area contributed by atoms with Gasteiger partial charge in [0.05, 0.1) is 18.4 Å². The van der Waals surface area contributed by atoms with E-state index in [1.54, 1.807) is 25.1 Å². The van der Waals surface area contributed by atoms with Crippen LogP contribution in [0.4, 0.5) is 4.39 Å². The Kier molecular flexibility index (Phi) is 4.04. The summed E-state index contributed by atoms with van der Waals surface area (Å²) in [4.78, 5) is 0. The lowest BCUT2D eigenvalue weighted by atomic mass is 9.97. The number of halogens is 1. The van der Waals surface area contributed by atoms with Crippen molar-refractivity contribution in [3.63, 3.8) is 0 Å². The lowest BCUT2D eigenvalue weighted by Gasteiger charge is -2.10. The number of aromatic nitrogens is 2. The first-order valence-electron chi connectivity index (χ1n) is 5.85. The lowest BCUT2D eigenvalue weighted by molar-refractivity contribution is 0.321. The van der Waals surface area contributed by atoms with E-state index in [9.17, 15) is 9.65 Å². The Morgan fingerprint density at radius 3 is 2.84 bits per heavy atom. The quantitative estimate of drug-likeness (QED) is 0.844. The van der Waals surface area contributed by atoms with E-state index >= 15 is 0 Å². The van der Waals surface area contributed by atoms with Crippen molar-refractivity contribution in [3.8, 4) is 11.8 Å². The van der Waals surface area contributed by atoms with E-state index in [0.717, 1.165) is 0 Å². The third-order valence-electron chi connectivity index (χ3n) is 2.61. The van der Waals surface area contributed by atoms with Crippen LogP contribution in [0, 0.1) is 17.1 Å². The number of hydrogen-bond acceptors (Lipinski definition) is 4. The van der Waals surface area contributed by atoms with Crippen molar-refractivity contribution in [2.75, 3.05) is 6.61 Å². The largest absolute Gasteiger partial charge is 0.491 e. The number of benzene rings is 1. The standard InChI is InChI=1S/C14H12FN3O/c1-2-19-14-6-5-10(8-12(14)15)11(9-16)13-4-3-7-17-18-13/h3-8,11H,2H2,1H3. The molecule has 2 rings (SSSR count). The summed E-state index contributed by atoms with van der Waals surface area (Å²) in [6.07, 6.45) is 1.52. The number of rotatable bonds is 4. The molecular weight excluding hydrogens is 245 g/mol. The molecule has 0 spiro atoms. The van der Waals surface area contributed by atoms with E-state index in [1.165, 1.54) is 18.3 Å². The summed E-state index contributed by atoms with van der Waals surface area (Å²) < 4.78 is 18.9. The van der Waals surface area contributed by atoms with Crippen molar-refractivity contribution in [1.82, 2.24) is 10.2 Å². The fraction of sp³-hybridized carbons (Fsp3) is 0.214. The second-order valence-corrected chi connectivity index (χ2v) is 3.83. The molecule has 96 valence electrons. The third-order valence-corrected chi connectivity index (χ3v) is 2.61. The minimum atomic E-state index is -0.640. The summed E-state index contributed by atoms with van der Waals surface area (Å²) in [6, 6.07) is 9.97. The van der Waals surface area contributed by atoms with Crippen molar-refractivity contribution < 1.29 is 9.13 Å². The summed E-state index contributed by atoms with van der Waals surface area (Å²) >= 11 is 0. The highest BCUT2D eigenvalue weighted by atomic mass is 19.1. The Labute approximate surface area is 110 Å². The van der Waals surface area contributed by atoms with E-state index in [-0.39, 0.29) is 5.75 Å². The van der Waals surface area contributed by atoms with Crippen LogP contribution in [0.5, 0.6) is 5.75 Å². The maximum absolute atomic E-state index is 13.8. The summed E-state index contributed by atoms with van der Waals surface area (Å²) in [5.41, 5.74) is 1.03. The maximum atomic E-state index is 13.8. The molecule has 0 aliphatic heterocycles. The molecule has 1 aromatic carbocycles. The van der Waals surface area contributed by atoms with Crippen LogP contribution in [0.1, 0.15) is 24.1 Å². The smallest absolute Gasteiger partial charge is 0.165 e. The molecule has 0 fully saturated rings. The van der Waals surface area contributed by atoms with Gasteiger partial charge in [-0.2, -0.15) is 15.5 Å². The third kappa shape index (κ3) is 2.86. The molecule has 1 heterocycles. The minimum Gasteiger partial charge on any atom is -0.491 e. The van der Waals surface area contributed by atoms with Crippen molar-refractivity contribution in [1.29, 1.82) is 5.26 Å². The summed E-state index contributed by atoms with van der Waals surface area (Å²) in [6.45, 7) is 2.17. The summed E-state index contributed by atoms with van der Waals surface area (Å²) in [5, 5.41) is 16.8. The highest BCUT2D eigenvalue weighted by Crippen LogP contribution is 2.26. The molecule has 0 saturated carbocycles. The molecule has 0 N–H and O–H groups in total. The molecule has 4 nitrogen and oxygen atoms in total. The molecule has 2 aromatic rings. The van der Waals surface area contributed by atoms with Gasteiger partial charge >= 0.3 is 0 Å². The van der Waals surface area contributed by atoms with Crippen molar-refractivity contribution in [2.45, 2.75) is 12.8 Å². The molecular formula is C14H12FN3O. The monoisotopic (exact) mass is 257 g/mol. The number of nitrogens with zero attached hydrogens (tertiary/aromatic N) is 3. The number of nitriles is 1. The summed E-state index contributed by atoms with van der Waals surface area (Å²) in [5.74, 6) is -0.940. The van der Waals surface area contributed by atoms with Crippen molar-refractivity contribution in [3.05, 3.63) is 53.6 Å². The zero-order valence-electron chi connectivity index (χ0n) is 10.4. The lowest BCUT2D eigenvalue weighted by Crippen LogP contribution is -2.03. The van der Waals surface area contributed by atoms with Gasteiger partial charge in [-0.25, -0.2) is 4.39 Å². The predicted molar refractivity (Wildman–Crippen MR) is 67.1 cm³/mol. The Morgan fingerprint density at radius 2 is 2.26 bits per heavy atom. The van der Waals surface area contributed by atoms with Crippen molar-refractivity contribution in [2.24, 2.45) is 0 Å². The maximum Gasteiger partial charge on any atom is 0.165 e. The Hall–Kier alpha value is -2.48. The number of ether oxygens (including phenoxy) is 1. The van der Waals surface area contributed by atoms with Gasteiger partial charge in [-0.3, -0.25) is 0 Å². The van der Waals surface area contributed by atoms with Gasteiger partial charge in [0.15, 0.2) is 11.6 Å². The van der Waals surface area contributed by atoms with Crippen LogP contribution in [0.3, 0.4) is 0 Å². The molecule has 1 atom stereocenters. The highest BCUT2D eigenvalue weighted by Gasteiger charge is 2.17. The normalized spacial score (nSPS) is 11.6. The van der Waals surface area contributed by atoms with Gasteiger partial charge in [0, 0.05) is 6.20 Å². The van der Waals surface area contributed by atoms with Gasteiger partial charge in [-0.15, -0.1) is 0 Å². The van der Waals surface area contributed by atoms with Crippen LogP contribution < -0.4 is 4.74 Å². The van der Waals surface area contributed by atoms with Crippen LogP contribution in [-0.2, 0) is 0 Å². The fourth-order valence-electron chi connectivity index (χ4n) is 1.75. The van der Waals surface area contributed by atoms with Crippen LogP contribution in [-0.4, -0.2) is 16.8 Å².